The number of nitrogens with two attached hydrogens (primary N) is 1. The molecule has 1 unspecified atom stereocenters. The highest BCUT2D eigenvalue weighted by molar-refractivity contribution is 6.30. The van der Waals surface area contributed by atoms with Crippen molar-refractivity contribution in [2.45, 2.75) is 12.5 Å². The van der Waals surface area contributed by atoms with Gasteiger partial charge in [0.05, 0.1) is 26.9 Å². The molecule has 1 aromatic rings. The molecule has 2 N–H and O–H groups in total. The van der Waals surface area contributed by atoms with Crippen LogP contribution in [-0.4, -0.2) is 40.1 Å². The van der Waals surface area contributed by atoms with Crippen molar-refractivity contribution >= 4 is 11.6 Å². The molecular formula is C13H20ClNO3. The van der Waals surface area contributed by atoms with Crippen molar-refractivity contribution in [3.8, 4) is 5.75 Å². The van der Waals surface area contributed by atoms with Crippen LogP contribution in [-0.2, 0) is 15.9 Å². The van der Waals surface area contributed by atoms with E-state index >= 15 is 0 Å². The van der Waals surface area contributed by atoms with E-state index in [4.69, 9.17) is 31.5 Å². The van der Waals surface area contributed by atoms with Crippen LogP contribution in [0.5, 0.6) is 5.75 Å². The molecule has 0 bridgehead atoms. The summed E-state index contributed by atoms with van der Waals surface area (Å²) >= 11 is 5.96. The quantitative estimate of drug-likeness (QED) is 0.735. The third-order valence-corrected chi connectivity index (χ3v) is 2.72. The number of hydrogen-bond acceptors (Lipinski definition) is 4. The van der Waals surface area contributed by atoms with Crippen LogP contribution in [0.1, 0.15) is 5.56 Å². The highest BCUT2D eigenvalue weighted by atomic mass is 35.5. The summed E-state index contributed by atoms with van der Waals surface area (Å²) < 4.78 is 15.5. The van der Waals surface area contributed by atoms with Gasteiger partial charge >= 0.3 is 0 Å². The molecule has 0 amide bonds. The minimum absolute atomic E-state index is 0.0887. The summed E-state index contributed by atoms with van der Waals surface area (Å²) in [5.41, 5.74) is 6.99. The number of hydrogen-bond donors (Lipinski definition) is 1. The molecule has 0 aliphatic rings. The Hall–Kier alpha value is -0.810. The summed E-state index contributed by atoms with van der Waals surface area (Å²) in [5, 5.41) is 0.679. The van der Waals surface area contributed by atoms with Gasteiger partial charge in [-0.15, -0.1) is 0 Å². The van der Waals surface area contributed by atoms with Crippen molar-refractivity contribution in [1.82, 2.24) is 0 Å². The zero-order valence-corrected chi connectivity index (χ0v) is 11.6. The molecule has 0 aliphatic carbocycles. The van der Waals surface area contributed by atoms with Gasteiger partial charge in [0, 0.05) is 18.2 Å². The molecule has 0 heterocycles. The minimum Gasteiger partial charge on any atom is -0.496 e. The molecule has 0 saturated carbocycles. The molecule has 0 saturated heterocycles. The van der Waals surface area contributed by atoms with E-state index in [9.17, 15) is 0 Å². The molecule has 18 heavy (non-hydrogen) atoms. The monoisotopic (exact) mass is 273 g/mol. The molecular weight excluding hydrogens is 254 g/mol. The Labute approximate surface area is 113 Å². The lowest BCUT2D eigenvalue weighted by molar-refractivity contribution is 0.0636. The van der Waals surface area contributed by atoms with Gasteiger partial charge in [-0.05, 0) is 30.2 Å². The second kappa shape index (κ2) is 8.32. The third kappa shape index (κ3) is 5.23. The van der Waals surface area contributed by atoms with Crippen molar-refractivity contribution < 1.29 is 14.2 Å². The van der Waals surface area contributed by atoms with E-state index in [2.05, 4.69) is 0 Å². The van der Waals surface area contributed by atoms with Gasteiger partial charge in [-0.25, -0.2) is 0 Å². The average molecular weight is 274 g/mol. The minimum atomic E-state index is -0.0887. The Balaban J connectivity index is 2.47. The van der Waals surface area contributed by atoms with Crippen LogP contribution in [0.4, 0.5) is 0 Å². The van der Waals surface area contributed by atoms with Crippen molar-refractivity contribution in [2.75, 3.05) is 34.0 Å². The van der Waals surface area contributed by atoms with Gasteiger partial charge in [-0.3, -0.25) is 0 Å². The molecule has 102 valence electrons. The molecule has 0 aromatic heterocycles. The number of benzene rings is 1. The Morgan fingerprint density at radius 2 is 2.06 bits per heavy atom. The molecule has 4 nitrogen and oxygen atoms in total. The van der Waals surface area contributed by atoms with E-state index in [1.54, 1.807) is 20.3 Å². The molecule has 0 fully saturated rings. The number of halogens is 1. The van der Waals surface area contributed by atoms with Gasteiger partial charge in [0.15, 0.2) is 0 Å². The first-order chi connectivity index (χ1) is 8.67. The van der Waals surface area contributed by atoms with Crippen LogP contribution in [0.2, 0.25) is 5.02 Å². The van der Waals surface area contributed by atoms with Gasteiger partial charge < -0.3 is 19.9 Å². The van der Waals surface area contributed by atoms with Crippen LogP contribution >= 0.6 is 11.6 Å². The molecule has 0 radical (unpaired) electrons. The van der Waals surface area contributed by atoms with Crippen LogP contribution in [0.25, 0.3) is 0 Å². The van der Waals surface area contributed by atoms with Gasteiger partial charge in [0.25, 0.3) is 0 Å². The SMILES string of the molecule is COCCOCC(N)Cc1cc(Cl)ccc1OC. The molecule has 1 aromatic carbocycles. The van der Waals surface area contributed by atoms with E-state index in [0.29, 0.717) is 31.3 Å². The second-order valence-electron chi connectivity index (χ2n) is 3.99. The maximum atomic E-state index is 6.00. The fourth-order valence-electron chi connectivity index (χ4n) is 1.63. The summed E-state index contributed by atoms with van der Waals surface area (Å²) in [5.74, 6) is 0.798. The van der Waals surface area contributed by atoms with Crippen molar-refractivity contribution in [3.63, 3.8) is 0 Å². The molecule has 0 spiro atoms. The number of ether oxygens (including phenoxy) is 3. The van der Waals surface area contributed by atoms with Gasteiger partial charge in [-0.2, -0.15) is 0 Å². The zero-order valence-electron chi connectivity index (χ0n) is 10.8. The van der Waals surface area contributed by atoms with E-state index in [1.807, 2.05) is 12.1 Å². The fourth-order valence-corrected chi connectivity index (χ4v) is 1.82. The highest BCUT2D eigenvalue weighted by Gasteiger charge is 2.09. The van der Waals surface area contributed by atoms with Gasteiger partial charge in [0.2, 0.25) is 0 Å². The van der Waals surface area contributed by atoms with E-state index in [-0.39, 0.29) is 6.04 Å². The lowest BCUT2D eigenvalue weighted by Crippen LogP contribution is -2.29. The Kier molecular flexibility index (Phi) is 7.05. The normalized spacial score (nSPS) is 12.4. The lowest BCUT2D eigenvalue weighted by Gasteiger charge is -2.14. The largest absolute Gasteiger partial charge is 0.496 e. The number of methoxy groups -OCH3 is 2. The average Bonchev–Trinajstić information content (AvgIpc) is 2.35. The molecule has 0 aliphatic heterocycles. The highest BCUT2D eigenvalue weighted by Crippen LogP contribution is 2.23. The zero-order chi connectivity index (χ0) is 13.4. The smallest absolute Gasteiger partial charge is 0.122 e. The first-order valence-corrected chi connectivity index (χ1v) is 6.20. The van der Waals surface area contributed by atoms with Gasteiger partial charge in [0.1, 0.15) is 5.75 Å². The Bertz CT molecular complexity index is 360. The van der Waals surface area contributed by atoms with Crippen LogP contribution in [0, 0.1) is 0 Å². The van der Waals surface area contributed by atoms with E-state index in [1.165, 1.54) is 0 Å². The van der Waals surface area contributed by atoms with Crippen molar-refractivity contribution in [2.24, 2.45) is 5.73 Å². The summed E-state index contributed by atoms with van der Waals surface area (Å²) in [7, 11) is 3.27. The predicted octanol–water partition coefficient (Wildman–Crippen LogP) is 1.88. The predicted molar refractivity (Wildman–Crippen MR) is 72.4 cm³/mol. The van der Waals surface area contributed by atoms with E-state index in [0.717, 1.165) is 11.3 Å². The van der Waals surface area contributed by atoms with E-state index < -0.39 is 0 Å². The van der Waals surface area contributed by atoms with Crippen molar-refractivity contribution in [1.29, 1.82) is 0 Å². The molecule has 1 rings (SSSR count). The fraction of sp³-hybridized carbons (Fsp3) is 0.538. The maximum Gasteiger partial charge on any atom is 0.122 e. The van der Waals surface area contributed by atoms with Gasteiger partial charge in [-0.1, -0.05) is 11.6 Å². The maximum absolute atomic E-state index is 6.00. The topological polar surface area (TPSA) is 53.7 Å². The Morgan fingerprint density at radius 1 is 1.28 bits per heavy atom. The van der Waals surface area contributed by atoms with Crippen LogP contribution < -0.4 is 10.5 Å². The molecule has 1 atom stereocenters. The lowest BCUT2D eigenvalue weighted by atomic mass is 10.1. The van der Waals surface area contributed by atoms with Crippen LogP contribution in [0.3, 0.4) is 0 Å². The summed E-state index contributed by atoms with van der Waals surface area (Å²) in [4.78, 5) is 0. The molecule has 5 heteroatoms. The third-order valence-electron chi connectivity index (χ3n) is 2.49. The summed E-state index contributed by atoms with van der Waals surface area (Å²) in [6, 6.07) is 5.42. The van der Waals surface area contributed by atoms with Crippen LogP contribution in [0.15, 0.2) is 18.2 Å². The first kappa shape index (κ1) is 15.2. The first-order valence-electron chi connectivity index (χ1n) is 5.82. The summed E-state index contributed by atoms with van der Waals surface area (Å²) in [6.07, 6.45) is 0.663. The van der Waals surface area contributed by atoms with Crippen molar-refractivity contribution in [3.05, 3.63) is 28.8 Å². The summed E-state index contributed by atoms with van der Waals surface area (Å²) in [6.45, 7) is 1.61. The Morgan fingerprint density at radius 3 is 2.72 bits per heavy atom. The standard InChI is InChI=1S/C13H20ClNO3/c1-16-5-6-18-9-12(15)8-10-7-11(14)3-4-13(10)17-2/h3-4,7,12H,5-6,8-9,15H2,1-2H3. The second-order valence-corrected chi connectivity index (χ2v) is 4.42. The number of rotatable bonds is 8.